The number of aliphatic carboxylic acids is 2. The Balaban J connectivity index is 0.963. The van der Waals surface area contributed by atoms with Crippen LogP contribution < -0.4 is 29.6 Å². The van der Waals surface area contributed by atoms with E-state index < -0.39 is 34.8 Å². The zero-order valence-electron chi connectivity index (χ0n) is 36.4. The van der Waals surface area contributed by atoms with Crippen LogP contribution in [0.3, 0.4) is 0 Å². The lowest BCUT2D eigenvalue weighted by atomic mass is 9.95. The van der Waals surface area contributed by atoms with E-state index in [1.807, 2.05) is 105 Å². The lowest BCUT2D eigenvalue weighted by molar-refractivity contribution is -0.144. The smallest absolute Gasteiger partial charge is 0.330 e. The van der Waals surface area contributed by atoms with Crippen LogP contribution >= 0.6 is 0 Å². The fourth-order valence-electron chi connectivity index (χ4n) is 8.70. The highest BCUT2D eigenvalue weighted by molar-refractivity contribution is 6.00. The molecule has 1 atom stereocenters. The first-order valence-electron chi connectivity index (χ1n) is 21.4. The van der Waals surface area contributed by atoms with E-state index in [9.17, 15) is 29.4 Å². The topological polar surface area (TPSA) is 170 Å². The average molecular weight is 875 g/mol. The van der Waals surface area contributed by atoms with Gasteiger partial charge in [0.2, 0.25) is 0 Å². The maximum atomic E-state index is 13.8. The Morgan fingerprint density at radius 3 is 1.68 bits per heavy atom. The van der Waals surface area contributed by atoms with E-state index in [0.29, 0.717) is 30.3 Å². The number of carboxylic acids is 2. The predicted molar refractivity (Wildman–Crippen MR) is 243 cm³/mol. The molecule has 6 aromatic rings. The quantitative estimate of drug-likeness (QED) is 0.0710. The third-order valence-corrected chi connectivity index (χ3v) is 12.3. The zero-order valence-corrected chi connectivity index (χ0v) is 36.4. The minimum absolute atomic E-state index is 0.0464. The van der Waals surface area contributed by atoms with Gasteiger partial charge in [0.15, 0.2) is 23.0 Å². The molecule has 65 heavy (non-hydrogen) atoms. The van der Waals surface area contributed by atoms with Gasteiger partial charge in [0.25, 0.3) is 11.8 Å². The number of aryl methyl sites for hydroxylation is 2. The van der Waals surface area contributed by atoms with E-state index in [2.05, 4.69) is 10.6 Å². The van der Waals surface area contributed by atoms with E-state index in [1.165, 1.54) is 7.11 Å². The van der Waals surface area contributed by atoms with Gasteiger partial charge in [0, 0.05) is 43.2 Å². The summed E-state index contributed by atoms with van der Waals surface area (Å²) < 4.78 is 24.2. The lowest BCUT2D eigenvalue weighted by Gasteiger charge is -2.26. The Bertz CT molecular complexity index is 2780. The molecule has 0 spiro atoms. The van der Waals surface area contributed by atoms with Crippen molar-refractivity contribution in [2.45, 2.75) is 70.2 Å². The molecular formula is C53H50N2O10. The summed E-state index contributed by atoms with van der Waals surface area (Å²) in [5.41, 5.74) is 5.64. The zero-order chi connectivity index (χ0) is 45.7. The highest BCUT2D eigenvalue weighted by atomic mass is 16.5. The summed E-state index contributed by atoms with van der Waals surface area (Å²) in [6, 6.07) is 38.4. The van der Waals surface area contributed by atoms with Crippen LogP contribution in [-0.4, -0.2) is 58.8 Å². The molecule has 0 heterocycles. The first-order valence-corrected chi connectivity index (χ1v) is 21.4. The van der Waals surface area contributed by atoms with Gasteiger partial charge in [0.1, 0.15) is 24.3 Å². The minimum atomic E-state index is -1.60. The molecule has 12 nitrogen and oxygen atoms in total. The number of rotatable bonds is 17. The van der Waals surface area contributed by atoms with Crippen molar-refractivity contribution < 1.29 is 48.3 Å². The maximum absolute atomic E-state index is 13.8. The van der Waals surface area contributed by atoms with E-state index in [0.717, 1.165) is 50.1 Å². The van der Waals surface area contributed by atoms with Crippen LogP contribution in [0.4, 0.5) is 0 Å². The molecule has 0 saturated carbocycles. The number of hydrogen-bond donors (Lipinski definition) is 4. The summed E-state index contributed by atoms with van der Waals surface area (Å²) in [6.07, 6.45) is 1.11. The second kappa shape index (κ2) is 18.6. The van der Waals surface area contributed by atoms with Gasteiger partial charge in [0.05, 0.1) is 13.7 Å². The Labute approximate surface area is 377 Å². The van der Waals surface area contributed by atoms with Gasteiger partial charge < -0.3 is 39.8 Å². The van der Waals surface area contributed by atoms with Crippen LogP contribution in [0.2, 0.25) is 0 Å². The summed E-state index contributed by atoms with van der Waals surface area (Å²) >= 11 is 0. The van der Waals surface area contributed by atoms with Gasteiger partial charge in [-0.2, -0.15) is 0 Å². The van der Waals surface area contributed by atoms with Crippen LogP contribution in [0.5, 0.6) is 23.0 Å². The Kier molecular flexibility index (Phi) is 12.6. The minimum Gasteiger partial charge on any atom is -0.493 e. The number of ether oxygens (including phenoxy) is 4. The van der Waals surface area contributed by atoms with E-state index in [1.54, 1.807) is 36.4 Å². The molecule has 2 amide bonds. The first kappa shape index (κ1) is 44.0. The number of hydrogen-bond acceptors (Lipinski definition) is 8. The molecule has 2 aliphatic rings. The van der Waals surface area contributed by atoms with Crippen molar-refractivity contribution in [3.05, 3.63) is 189 Å². The number of fused-ring (bicyclic) bond motifs is 2. The highest BCUT2D eigenvalue weighted by Crippen LogP contribution is 2.36. The number of carbonyl (C=O) groups is 4. The number of carboxylic acid groups (broad SMARTS) is 2. The monoisotopic (exact) mass is 874 g/mol. The molecule has 8 rings (SSSR count). The number of amides is 2. The molecule has 0 saturated heterocycles. The van der Waals surface area contributed by atoms with Gasteiger partial charge >= 0.3 is 11.9 Å². The van der Waals surface area contributed by atoms with Crippen LogP contribution in [0.25, 0.3) is 0 Å². The van der Waals surface area contributed by atoms with Crippen molar-refractivity contribution in [2.24, 2.45) is 0 Å². The normalized spacial score (nSPS) is 15.6. The highest BCUT2D eigenvalue weighted by Gasteiger charge is 2.47. The molecule has 12 heteroatoms. The molecule has 4 N–H and O–H groups in total. The van der Waals surface area contributed by atoms with Gasteiger partial charge in [-0.15, -0.1) is 0 Å². The molecule has 332 valence electrons. The van der Waals surface area contributed by atoms with Gasteiger partial charge in [-0.05, 0) is 94.8 Å². The molecule has 2 aliphatic carbocycles. The van der Waals surface area contributed by atoms with Crippen LogP contribution in [0.15, 0.2) is 127 Å². The summed E-state index contributed by atoms with van der Waals surface area (Å²) in [5.74, 6) is -1.93. The number of methoxy groups -OCH3 is 1. The van der Waals surface area contributed by atoms with Crippen molar-refractivity contribution in [1.29, 1.82) is 0 Å². The molecule has 1 unspecified atom stereocenters. The van der Waals surface area contributed by atoms with Crippen molar-refractivity contribution in [1.82, 2.24) is 10.6 Å². The molecule has 0 aliphatic heterocycles. The van der Waals surface area contributed by atoms with E-state index >= 15 is 0 Å². The van der Waals surface area contributed by atoms with Crippen LogP contribution in [0.1, 0.15) is 70.8 Å². The molecule has 0 fully saturated rings. The molecule has 6 aromatic carbocycles. The SMILES string of the molecule is COc1ccc(C(=O)NC2(C(=O)O)Cc3ccc(COc4ccc(C(=O)NC5(C(=O)O)Cc6ccccc6C5)cc4OCc4cccc(C)c4)cc3C2)cc1OCCc1ccccc1C. The molecule has 0 aromatic heterocycles. The van der Waals surface area contributed by atoms with Crippen molar-refractivity contribution >= 4 is 23.8 Å². The third kappa shape index (κ3) is 9.67. The lowest BCUT2D eigenvalue weighted by Crippen LogP contribution is -2.55. The maximum Gasteiger partial charge on any atom is 0.330 e. The first-order chi connectivity index (χ1) is 31.3. The number of carbonyl (C=O) groups excluding carboxylic acids is 2. The van der Waals surface area contributed by atoms with Gasteiger partial charge in [-0.1, -0.05) is 96.6 Å². The second-order valence-electron chi connectivity index (χ2n) is 16.9. The summed E-state index contributed by atoms with van der Waals surface area (Å²) in [7, 11) is 1.52. The fourth-order valence-corrected chi connectivity index (χ4v) is 8.70. The molecule has 0 bridgehead atoms. The summed E-state index contributed by atoms with van der Waals surface area (Å²) in [6.45, 7) is 4.62. The third-order valence-electron chi connectivity index (χ3n) is 12.3. The van der Waals surface area contributed by atoms with E-state index in [-0.39, 0.29) is 55.8 Å². The fraction of sp³-hybridized carbons (Fsp3) is 0.245. The van der Waals surface area contributed by atoms with Crippen molar-refractivity contribution in [3.63, 3.8) is 0 Å². The Hall–Kier alpha value is -7.60. The predicted octanol–water partition coefficient (Wildman–Crippen LogP) is 7.80. The van der Waals surface area contributed by atoms with Gasteiger partial charge in [-0.3, -0.25) is 9.59 Å². The van der Waals surface area contributed by atoms with Crippen molar-refractivity contribution in [3.8, 4) is 23.0 Å². The number of nitrogens with one attached hydrogen (secondary N) is 2. The standard InChI is InChI=1S/C53H50N2O10/c1-33-9-8-11-35(23-33)31-65-47-26-39(49(57)54-52(50(58)59)27-40-13-6-7-14-41(40)28-52)18-20-45(47)64-32-36-15-16-42-29-53(51(60)61,30-43(42)24-36)55-48(56)38-17-19-44(62-3)46(25-38)63-22-21-37-12-5-4-10-34(37)2/h4-20,23-26H,21-22,27-32H2,1-3H3,(H,54,57)(H,55,56)(H,58,59)(H,60,61). The molecule has 0 radical (unpaired) electrons. The van der Waals surface area contributed by atoms with Crippen LogP contribution in [-0.2, 0) is 54.9 Å². The molecular weight excluding hydrogens is 825 g/mol. The average Bonchev–Trinajstić information content (AvgIpc) is 3.87. The Morgan fingerprint density at radius 2 is 1.08 bits per heavy atom. The number of benzene rings is 6. The summed E-state index contributed by atoms with van der Waals surface area (Å²) in [4.78, 5) is 53.1. The summed E-state index contributed by atoms with van der Waals surface area (Å²) in [5, 5.41) is 26.5. The second-order valence-corrected chi connectivity index (χ2v) is 16.9. The van der Waals surface area contributed by atoms with Crippen molar-refractivity contribution in [2.75, 3.05) is 13.7 Å². The van der Waals surface area contributed by atoms with E-state index in [4.69, 9.17) is 18.9 Å². The van der Waals surface area contributed by atoms with Crippen LogP contribution in [0, 0.1) is 13.8 Å². The Morgan fingerprint density at radius 1 is 0.538 bits per heavy atom. The largest absolute Gasteiger partial charge is 0.493 e. The van der Waals surface area contributed by atoms with Gasteiger partial charge in [-0.25, -0.2) is 9.59 Å².